The first-order valence-electron chi connectivity index (χ1n) is 13.3. The number of amides is 2. The Morgan fingerprint density at radius 1 is 0.784 bits per heavy atom. The van der Waals surface area contributed by atoms with Crippen LogP contribution in [0.15, 0.2) is 91.0 Å². The Hall–Kier alpha value is -3.17. The average Bonchev–Trinajstić information content (AvgIpc) is 3.53. The van der Waals surface area contributed by atoms with Gasteiger partial charge in [0.1, 0.15) is 0 Å². The molecule has 0 N–H and O–H groups in total. The van der Waals surface area contributed by atoms with Crippen LogP contribution in [0.1, 0.15) is 33.6 Å². The number of ether oxygens (including phenoxy) is 1. The van der Waals surface area contributed by atoms with E-state index in [1.165, 1.54) is 15.9 Å². The predicted octanol–water partition coefficient (Wildman–Crippen LogP) is 4.32. The molecule has 5 nitrogen and oxygen atoms in total. The Bertz CT molecular complexity index is 1130. The molecular weight excluding hydrogens is 479 g/mol. The van der Waals surface area contributed by atoms with E-state index in [4.69, 9.17) is 4.74 Å². The molecule has 2 aliphatic heterocycles. The summed E-state index contributed by atoms with van der Waals surface area (Å²) in [6.45, 7) is 7.52. The minimum atomic E-state index is -2.71. The van der Waals surface area contributed by atoms with Crippen molar-refractivity contribution < 1.29 is 14.3 Å². The van der Waals surface area contributed by atoms with Crippen molar-refractivity contribution in [2.24, 2.45) is 0 Å². The molecule has 3 aromatic rings. The quantitative estimate of drug-likeness (QED) is 0.475. The van der Waals surface area contributed by atoms with E-state index < -0.39 is 12.9 Å². The van der Waals surface area contributed by atoms with Crippen molar-refractivity contribution in [1.82, 2.24) is 9.80 Å². The van der Waals surface area contributed by atoms with Crippen LogP contribution in [-0.4, -0.2) is 58.7 Å². The number of hydrogen-bond acceptors (Lipinski definition) is 3. The van der Waals surface area contributed by atoms with Crippen LogP contribution in [-0.2, 0) is 9.53 Å². The van der Waals surface area contributed by atoms with Gasteiger partial charge < -0.3 is 0 Å². The van der Waals surface area contributed by atoms with Gasteiger partial charge in [-0.1, -0.05) is 0 Å². The molecule has 0 radical (unpaired) electrons. The first-order chi connectivity index (χ1) is 17.8. The van der Waals surface area contributed by atoms with Gasteiger partial charge in [0, 0.05) is 0 Å². The Morgan fingerprint density at radius 2 is 1.27 bits per heavy atom. The number of hydrogen-bond donors (Lipinski definition) is 0. The van der Waals surface area contributed by atoms with Crippen LogP contribution >= 0.6 is 7.26 Å². The molecule has 5 rings (SSSR count). The van der Waals surface area contributed by atoms with Gasteiger partial charge in [0.15, 0.2) is 0 Å². The molecule has 194 valence electrons. The summed E-state index contributed by atoms with van der Waals surface area (Å²) >= 11 is 0. The van der Waals surface area contributed by atoms with Gasteiger partial charge in [-0.3, -0.25) is 0 Å². The molecule has 2 heterocycles. The number of nitrogens with zero attached hydrogens (tertiary/aromatic N) is 2. The average molecular weight is 517 g/mol. The first kappa shape index (κ1) is 25.5. The minimum absolute atomic E-state index is 0.0269. The van der Waals surface area contributed by atoms with E-state index in [1.54, 1.807) is 4.90 Å². The van der Waals surface area contributed by atoms with Crippen LogP contribution in [0.3, 0.4) is 0 Å². The second kappa shape index (κ2) is 10.3. The molecule has 2 aliphatic rings. The van der Waals surface area contributed by atoms with E-state index in [-0.39, 0.29) is 23.7 Å². The molecule has 37 heavy (non-hydrogen) atoms. The van der Waals surface area contributed by atoms with E-state index in [1.807, 2.05) is 39.0 Å². The van der Waals surface area contributed by atoms with E-state index in [9.17, 15) is 9.59 Å². The first-order valence-corrected chi connectivity index (χ1v) is 15.3. The van der Waals surface area contributed by atoms with Gasteiger partial charge in [0.2, 0.25) is 0 Å². The van der Waals surface area contributed by atoms with E-state index >= 15 is 0 Å². The summed E-state index contributed by atoms with van der Waals surface area (Å²) in [5, 5.41) is 3.78. The van der Waals surface area contributed by atoms with Gasteiger partial charge in [0.05, 0.1) is 0 Å². The summed E-state index contributed by atoms with van der Waals surface area (Å²) < 4.78 is 5.60. The molecule has 2 amide bonds. The zero-order valence-electron chi connectivity index (χ0n) is 22.0. The standard InChI is InChI=1S/C31H37N2O3P/c1-31(2,3)36-30(35)32-21-19-24(23-32)33-22-20-28(29(33)34)37(25-13-7-4-8-14-25,26-15-9-5-10-16-26)27-17-11-6-12-18-27/h4-18,24,28,37H,19-23H2,1-3H3/t24-,28-/m1/s1. The second-order valence-electron chi connectivity index (χ2n) is 11.1. The van der Waals surface area contributed by atoms with Gasteiger partial charge in [-0.05, 0) is 0 Å². The Kier molecular flexibility index (Phi) is 7.09. The van der Waals surface area contributed by atoms with E-state index in [2.05, 4.69) is 77.7 Å². The van der Waals surface area contributed by atoms with Crippen LogP contribution in [0.5, 0.6) is 0 Å². The molecular formula is C31H37N2O3P. The summed E-state index contributed by atoms with van der Waals surface area (Å²) in [6, 6.07) is 32.0. The molecule has 0 aromatic heterocycles. The SMILES string of the molecule is CC(C)(C)OC(=O)N1CC[C@@H](N2CC[C@@H]([PH](c3ccccc3)(c3ccccc3)c3ccccc3)C2=O)C1. The van der Waals surface area contributed by atoms with Crippen LogP contribution in [0.2, 0.25) is 0 Å². The maximum absolute atomic E-state index is 14.4. The fraction of sp³-hybridized carbons (Fsp3) is 0.355. The van der Waals surface area contributed by atoms with Gasteiger partial charge >= 0.3 is 221 Å². The zero-order valence-corrected chi connectivity index (χ0v) is 23.0. The molecule has 6 heteroatoms. The molecule has 0 aliphatic carbocycles. The molecule has 0 unspecified atom stereocenters. The third kappa shape index (κ3) is 4.90. The van der Waals surface area contributed by atoms with E-state index in [0.717, 1.165) is 19.4 Å². The normalized spacial score (nSPS) is 20.8. The summed E-state index contributed by atoms with van der Waals surface area (Å²) in [4.78, 5) is 30.9. The maximum atomic E-state index is 14.4. The zero-order chi connectivity index (χ0) is 26.0. The molecule has 0 spiro atoms. The van der Waals surface area contributed by atoms with Crippen molar-refractivity contribution in [2.75, 3.05) is 19.6 Å². The summed E-state index contributed by atoms with van der Waals surface area (Å²) in [7, 11) is -2.71. The van der Waals surface area contributed by atoms with Gasteiger partial charge in [-0.25, -0.2) is 0 Å². The topological polar surface area (TPSA) is 49.9 Å². The van der Waals surface area contributed by atoms with Gasteiger partial charge in [-0.2, -0.15) is 0 Å². The van der Waals surface area contributed by atoms with Crippen LogP contribution in [0.25, 0.3) is 0 Å². The third-order valence-electron chi connectivity index (χ3n) is 7.71. The predicted molar refractivity (Wildman–Crippen MR) is 153 cm³/mol. The Balaban J connectivity index is 1.51. The van der Waals surface area contributed by atoms with Crippen molar-refractivity contribution in [1.29, 1.82) is 0 Å². The number of likely N-dealkylation sites (tertiary alicyclic amines) is 2. The number of benzene rings is 3. The monoisotopic (exact) mass is 516 g/mol. The van der Waals surface area contributed by atoms with Crippen molar-refractivity contribution in [2.45, 2.75) is 50.9 Å². The van der Waals surface area contributed by atoms with Gasteiger partial charge in [-0.15, -0.1) is 0 Å². The van der Waals surface area contributed by atoms with Crippen LogP contribution in [0, 0.1) is 0 Å². The fourth-order valence-corrected chi connectivity index (χ4v) is 11.6. The molecule has 2 atom stereocenters. The van der Waals surface area contributed by atoms with Gasteiger partial charge in [0.25, 0.3) is 0 Å². The van der Waals surface area contributed by atoms with Crippen molar-refractivity contribution in [3.05, 3.63) is 91.0 Å². The third-order valence-corrected chi connectivity index (χ3v) is 13.0. The van der Waals surface area contributed by atoms with Crippen molar-refractivity contribution >= 4 is 35.2 Å². The van der Waals surface area contributed by atoms with Crippen molar-refractivity contribution in [3.8, 4) is 0 Å². The summed E-state index contributed by atoms with van der Waals surface area (Å²) in [5.41, 5.74) is -0.647. The Labute approximate surface area is 220 Å². The molecule has 2 saturated heterocycles. The number of rotatable bonds is 5. The number of carbonyl (C=O) groups excluding carboxylic acids is 2. The second-order valence-corrected chi connectivity index (χ2v) is 15.2. The fourth-order valence-electron chi connectivity index (χ4n) is 6.16. The molecule has 3 aromatic carbocycles. The molecule has 2 fully saturated rings. The van der Waals surface area contributed by atoms with E-state index in [0.29, 0.717) is 13.1 Å². The summed E-state index contributed by atoms with van der Waals surface area (Å²) in [6.07, 6.45) is 1.31. The summed E-state index contributed by atoms with van der Waals surface area (Å²) in [5.74, 6) is 0.222. The molecule has 0 bridgehead atoms. The van der Waals surface area contributed by atoms with Crippen LogP contribution < -0.4 is 15.9 Å². The number of carbonyl (C=O) groups is 2. The van der Waals surface area contributed by atoms with Crippen LogP contribution in [0.4, 0.5) is 4.79 Å². The molecule has 0 saturated carbocycles. The van der Waals surface area contributed by atoms with Crippen molar-refractivity contribution in [3.63, 3.8) is 0 Å². The Morgan fingerprint density at radius 3 is 1.73 bits per heavy atom.